The van der Waals surface area contributed by atoms with Gasteiger partial charge in [0.1, 0.15) is 0 Å². The molecule has 28 heavy (non-hydrogen) atoms. The van der Waals surface area contributed by atoms with Crippen LogP contribution in [-0.4, -0.2) is 18.2 Å². The smallest absolute Gasteiger partial charge is 0.425 e. The highest BCUT2D eigenvalue weighted by molar-refractivity contribution is 5.69. The Bertz CT molecular complexity index is 508. The van der Waals surface area contributed by atoms with Crippen molar-refractivity contribution in [2.24, 2.45) is 35.5 Å². The molecule has 3 fully saturated rings. The minimum atomic E-state index is -4.47. The van der Waals surface area contributed by atoms with E-state index < -0.39 is 18.2 Å². The molecule has 2 nitrogen and oxygen atoms in total. The first-order valence-corrected chi connectivity index (χ1v) is 11.6. The fourth-order valence-corrected chi connectivity index (χ4v) is 5.43. The van der Waals surface area contributed by atoms with Gasteiger partial charge in [-0.25, -0.2) is 0 Å². The topological polar surface area (TPSA) is 26.3 Å². The van der Waals surface area contributed by atoms with Gasteiger partial charge in [-0.1, -0.05) is 58.3 Å². The van der Waals surface area contributed by atoms with Crippen LogP contribution in [0.4, 0.5) is 13.2 Å². The number of halogens is 3. The highest BCUT2D eigenvalue weighted by atomic mass is 19.4. The predicted molar refractivity (Wildman–Crippen MR) is 104 cm³/mol. The zero-order valence-corrected chi connectivity index (χ0v) is 17.5. The largest absolute Gasteiger partial charge is 0.453 e. The van der Waals surface area contributed by atoms with E-state index in [1.54, 1.807) is 0 Å². The second-order valence-corrected chi connectivity index (χ2v) is 9.53. The van der Waals surface area contributed by atoms with Gasteiger partial charge in [0.15, 0.2) is 6.10 Å². The second kappa shape index (κ2) is 9.38. The monoisotopic (exact) mass is 402 g/mol. The number of esters is 1. The van der Waals surface area contributed by atoms with Crippen LogP contribution in [0.15, 0.2) is 0 Å². The molecule has 0 spiro atoms. The number of hydrogen-bond acceptors (Lipinski definition) is 2. The number of hydrogen-bond donors (Lipinski definition) is 0. The van der Waals surface area contributed by atoms with Crippen LogP contribution in [0.3, 0.4) is 0 Å². The van der Waals surface area contributed by atoms with Crippen molar-refractivity contribution in [2.75, 3.05) is 0 Å². The third-order valence-electron chi connectivity index (χ3n) is 7.38. The SMILES string of the molecule is CCCCCC1C2C(C3CC3CCCCCCCC(=O)OC(C)C(F)(F)F)C12. The molecule has 3 saturated carbocycles. The predicted octanol–water partition coefficient (Wildman–Crippen LogP) is 6.92. The van der Waals surface area contributed by atoms with Crippen molar-refractivity contribution in [3.63, 3.8) is 0 Å². The van der Waals surface area contributed by atoms with E-state index in [2.05, 4.69) is 11.7 Å². The van der Waals surface area contributed by atoms with Crippen LogP contribution < -0.4 is 0 Å². The van der Waals surface area contributed by atoms with E-state index in [0.717, 1.165) is 55.3 Å². The quantitative estimate of drug-likeness (QED) is 0.233. The molecule has 3 aliphatic rings. The van der Waals surface area contributed by atoms with E-state index in [1.807, 2.05) is 0 Å². The van der Waals surface area contributed by atoms with Crippen molar-refractivity contribution in [1.29, 1.82) is 0 Å². The molecule has 0 heterocycles. The average molecular weight is 403 g/mol. The maximum absolute atomic E-state index is 12.3. The molecule has 162 valence electrons. The van der Waals surface area contributed by atoms with Crippen molar-refractivity contribution in [2.45, 2.75) is 103 Å². The fraction of sp³-hybridized carbons (Fsp3) is 0.957. The first-order chi connectivity index (χ1) is 13.3. The molecule has 0 radical (unpaired) electrons. The normalized spacial score (nSPS) is 33.9. The maximum Gasteiger partial charge on any atom is 0.425 e. The first-order valence-electron chi connectivity index (χ1n) is 11.6. The van der Waals surface area contributed by atoms with Crippen LogP contribution in [0.5, 0.6) is 0 Å². The van der Waals surface area contributed by atoms with Crippen LogP contribution >= 0.6 is 0 Å². The lowest BCUT2D eigenvalue weighted by atomic mass is 9.94. The fourth-order valence-electron chi connectivity index (χ4n) is 5.43. The van der Waals surface area contributed by atoms with E-state index in [1.165, 1.54) is 51.4 Å². The third kappa shape index (κ3) is 5.89. The van der Waals surface area contributed by atoms with Gasteiger partial charge >= 0.3 is 12.1 Å². The number of carbonyl (C=O) groups excluding carboxylic acids is 1. The molecule has 0 aromatic carbocycles. The molecule has 0 aromatic heterocycles. The Morgan fingerprint density at radius 2 is 1.61 bits per heavy atom. The van der Waals surface area contributed by atoms with Crippen molar-refractivity contribution in [3.05, 3.63) is 0 Å². The van der Waals surface area contributed by atoms with Gasteiger partial charge in [-0.05, 0) is 61.7 Å². The summed E-state index contributed by atoms with van der Waals surface area (Å²) in [6.45, 7) is 3.15. The molecule has 3 rings (SSSR count). The number of carbonyl (C=O) groups is 1. The molecule has 0 aliphatic heterocycles. The summed E-state index contributed by atoms with van der Waals surface area (Å²) in [5.74, 6) is 5.72. The Labute approximate surface area is 168 Å². The molecule has 0 saturated heterocycles. The van der Waals surface area contributed by atoms with E-state index in [4.69, 9.17) is 0 Å². The van der Waals surface area contributed by atoms with Crippen LogP contribution in [0.1, 0.15) is 90.9 Å². The molecule has 5 heteroatoms. The van der Waals surface area contributed by atoms with Crippen molar-refractivity contribution in [3.8, 4) is 0 Å². The summed E-state index contributed by atoms with van der Waals surface area (Å²) in [6.07, 6.45) is 7.12. The summed E-state index contributed by atoms with van der Waals surface area (Å²) in [6, 6.07) is 0. The Morgan fingerprint density at radius 1 is 0.964 bits per heavy atom. The summed E-state index contributed by atoms with van der Waals surface area (Å²) in [5, 5.41) is 0. The Balaban J connectivity index is 1.11. The zero-order chi connectivity index (χ0) is 20.3. The lowest BCUT2D eigenvalue weighted by Gasteiger charge is -2.16. The van der Waals surface area contributed by atoms with Gasteiger partial charge in [0.05, 0.1) is 0 Å². The van der Waals surface area contributed by atoms with E-state index in [0.29, 0.717) is 6.42 Å². The van der Waals surface area contributed by atoms with Gasteiger partial charge < -0.3 is 4.74 Å². The minimum absolute atomic E-state index is 0.0923. The molecular weight excluding hydrogens is 365 g/mol. The van der Waals surface area contributed by atoms with Gasteiger partial charge in [0.2, 0.25) is 0 Å². The van der Waals surface area contributed by atoms with Crippen LogP contribution in [0.25, 0.3) is 0 Å². The lowest BCUT2D eigenvalue weighted by molar-refractivity contribution is -0.216. The van der Waals surface area contributed by atoms with Crippen molar-refractivity contribution in [1.82, 2.24) is 0 Å². The Hall–Kier alpha value is -0.740. The maximum atomic E-state index is 12.3. The minimum Gasteiger partial charge on any atom is -0.453 e. The number of alkyl halides is 3. The summed E-state index contributed by atoms with van der Waals surface area (Å²) in [7, 11) is 0. The number of ether oxygens (including phenoxy) is 1. The molecule has 0 N–H and O–H groups in total. The van der Waals surface area contributed by atoms with E-state index in [9.17, 15) is 18.0 Å². The Morgan fingerprint density at radius 3 is 2.29 bits per heavy atom. The van der Waals surface area contributed by atoms with Crippen molar-refractivity contribution >= 4 is 5.97 Å². The summed E-state index contributed by atoms with van der Waals surface area (Å²) in [4.78, 5) is 11.4. The van der Waals surface area contributed by atoms with Crippen LogP contribution in [0.2, 0.25) is 0 Å². The number of unbranched alkanes of at least 4 members (excludes halogenated alkanes) is 6. The zero-order valence-electron chi connectivity index (χ0n) is 17.5. The third-order valence-corrected chi connectivity index (χ3v) is 7.38. The van der Waals surface area contributed by atoms with Gasteiger partial charge in [-0.3, -0.25) is 4.79 Å². The van der Waals surface area contributed by atoms with Crippen molar-refractivity contribution < 1.29 is 22.7 Å². The summed E-state index contributed by atoms with van der Waals surface area (Å²) in [5.41, 5.74) is 0. The molecule has 5 unspecified atom stereocenters. The molecular formula is C23H37F3O2. The average Bonchev–Trinajstić information content (AvgIpc) is 3.51. The van der Waals surface area contributed by atoms with Crippen LogP contribution in [-0.2, 0) is 9.53 Å². The Kier molecular flexibility index (Phi) is 7.36. The summed E-state index contributed by atoms with van der Waals surface area (Å²) >= 11 is 0. The highest BCUT2D eigenvalue weighted by Gasteiger charge is 2.76. The van der Waals surface area contributed by atoms with E-state index in [-0.39, 0.29) is 6.42 Å². The van der Waals surface area contributed by atoms with Gasteiger partial charge in [0.25, 0.3) is 0 Å². The molecule has 0 amide bonds. The first kappa shape index (κ1) is 22.0. The molecule has 0 bridgehead atoms. The standard InChI is InChI=1S/C23H37F3O2/c1-3-4-8-12-17-20-21(17)22(20)18-14-16(18)11-9-6-5-7-10-13-19(27)28-15(2)23(24,25)26/h15-18,20-22H,3-14H2,1-2H3. The second-order valence-electron chi connectivity index (χ2n) is 9.53. The molecule has 0 aromatic rings. The molecule has 5 atom stereocenters. The number of rotatable bonds is 14. The summed E-state index contributed by atoms with van der Waals surface area (Å²) < 4.78 is 41.4. The van der Waals surface area contributed by atoms with Gasteiger partial charge in [0, 0.05) is 6.42 Å². The highest BCUT2D eigenvalue weighted by Crippen LogP contribution is 2.80. The number of fused-ring (bicyclic) bond motifs is 1. The molecule has 3 aliphatic carbocycles. The van der Waals surface area contributed by atoms with E-state index >= 15 is 0 Å². The lowest BCUT2D eigenvalue weighted by Crippen LogP contribution is -2.30. The van der Waals surface area contributed by atoms with Crippen LogP contribution in [0, 0.1) is 35.5 Å². The van der Waals surface area contributed by atoms with Gasteiger partial charge in [-0.2, -0.15) is 13.2 Å². The van der Waals surface area contributed by atoms with Gasteiger partial charge in [-0.15, -0.1) is 0 Å².